The normalized spacial score (nSPS) is 11.4. The Hall–Kier alpha value is -0.880. The lowest BCUT2D eigenvalue weighted by atomic mass is 10.1. The molecule has 0 aliphatic carbocycles. The molecule has 6 heteroatoms. The summed E-state index contributed by atoms with van der Waals surface area (Å²) in [6.45, 7) is 0. The fourth-order valence-corrected chi connectivity index (χ4v) is 3.47. The summed E-state index contributed by atoms with van der Waals surface area (Å²) in [4.78, 5) is 11.7. The van der Waals surface area contributed by atoms with E-state index in [0.29, 0.717) is 23.5 Å². The number of carbonyl (C=O) groups is 1. The van der Waals surface area contributed by atoms with Crippen LogP contribution in [0.1, 0.15) is 16.8 Å². The Labute approximate surface area is 111 Å². The van der Waals surface area contributed by atoms with Crippen molar-refractivity contribution >= 4 is 27.4 Å². The van der Waals surface area contributed by atoms with Gasteiger partial charge in [-0.1, -0.05) is 0 Å². The van der Waals surface area contributed by atoms with Crippen LogP contribution >= 0.6 is 11.8 Å². The summed E-state index contributed by atoms with van der Waals surface area (Å²) >= 11 is 1.43. The van der Waals surface area contributed by atoms with E-state index in [0.717, 1.165) is 0 Å². The molecule has 1 rings (SSSR count). The molecule has 0 amide bonds. The Balaban J connectivity index is 2.28. The molecule has 0 aliphatic rings. The molecule has 0 saturated carbocycles. The van der Waals surface area contributed by atoms with Crippen LogP contribution in [0.2, 0.25) is 0 Å². The van der Waals surface area contributed by atoms with E-state index in [9.17, 15) is 17.6 Å². The highest BCUT2D eigenvalue weighted by atomic mass is 32.2. The highest BCUT2D eigenvalue weighted by molar-refractivity contribution is 8.00. The second-order valence-corrected chi connectivity index (χ2v) is 7.41. The molecule has 0 bridgehead atoms. The topological polar surface area (TPSA) is 51.2 Å². The van der Waals surface area contributed by atoms with E-state index in [4.69, 9.17) is 0 Å². The van der Waals surface area contributed by atoms with Crippen LogP contribution in [0.3, 0.4) is 0 Å². The first-order valence-electron chi connectivity index (χ1n) is 5.43. The lowest BCUT2D eigenvalue weighted by Gasteiger charge is -2.01. The van der Waals surface area contributed by atoms with Crippen molar-refractivity contribution in [3.8, 4) is 0 Å². The van der Waals surface area contributed by atoms with Crippen molar-refractivity contribution in [1.29, 1.82) is 0 Å². The molecule has 0 atom stereocenters. The van der Waals surface area contributed by atoms with Gasteiger partial charge in [-0.05, 0) is 24.3 Å². The van der Waals surface area contributed by atoms with E-state index in [2.05, 4.69) is 0 Å². The van der Waals surface area contributed by atoms with Gasteiger partial charge in [0.25, 0.3) is 0 Å². The van der Waals surface area contributed by atoms with Gasteiger partial charge in [0.1, 0.15) is 15.7 Å². The number of ketones is 1. The zero-order valence-electron chi connectivity index (χ0n) is 10.1. The van der Waals surface area contributed by atoms with Gasteiger partial charge in [-0.3, -0.25) is 4.79 Å². The molecule has 18 heavy (non-hydrogen) atoms. The van der Waals surface area contributed by atoms with Gasteiger partial charge in [-0.2, -0.15) is 11.8 Å². The number of Topliss-reactive ketones (excluding diaryl/α,β-unsaturated/α-hetero) is 1. The summed E-state index contributed by atoms with van der Waals surface area (Å²) in [6, 6.07) is 5.42. The van der Waals surface area contributed by atoms with Gasteiger partial charge >= 0.3 is 0 Å². The lowest BCUT2D eigenvalue weighted by Crippen LogP contribution is -2.06. The molecule has 0 aliphatic heterocycles. The highest BCUT2D eigenvalue weighted by Gasteiger charge is 2.06. The molecule has 0 heterocycles. The number of halogens is 1. The van der Waals surface area contributed by atoms with Gasteiger partial charge in [0.15, 0.2) is 5.78 Å². The minimum Gasteiger partial charge on any atom is -0.294 e. The van der Waals surface area contributed by atoms with Crippen molar-refractivity contribution < 1.29 is 17.6 Å². The standard InChI is InChI=1S/C12H15FO3S2/c1-18(15,16)9-8-17-7-6-12(14)10-2-4-11(13)5-3-10/h2-5H,6-9H2,1H3. The fraction of sp³-hybridized carbons (Fsp3) is 0.417. The van der Waals surface area contributed by atoms with Crippen LogP contribution < -0.4 is 0 Å². The summed E-state index contributed by atoms with van der Waals surface area (Å²) in [5.41, 5.74) is 0.486. The zero-order chi connectivity index (χ0) is 13.6. The molecule has 3 nitrogen and oxygen atoms in total. The van der Waals surface area contributed by atoms with Crippen molar-refractivity contribution in [3.05, 3.63) is 35.6 Å². The van der Waals surface area contributed by atoms with Crippen LogP contribution in [0.4, 0.5) is 4.39 Å². The Bertz CT molecular complexity index is 495. The van der Waals surface area contributed by atoms with E-state index >= 15 is 0 Å². The minimum atomic E-state index is -2.93. The number of hydrogen-bond acceptors (Lipinski definition) is 4. The highest BCUT2D eigenvalue weighted by Crippen LogP contribution is 2.10. The molecule has 0 fully saturated rings. The third kappa shape index (κ3) is 6.16. The molecular weight excluding hydrogens is 275 g/mol. The molecule has 0 unspecified atom stereocenters. The number of sulfone groups is 1. The fourth-order valence-electron chi connectivity index (χ4n) is 1.26. The maximum absolute atomic E-state index is 12.6. The van der Waals surface area contributed by atoms with Crippen molar-refractivity contribution in [2.45, 2.75) is 6.42 Å². The summed E-state index contributed by atoms with van der Waals surface area (Å²) in [5.74, 6) is 0.778. The van der Waals surface area contributed by atoms with Crippen LogP contribution in [-0.4, -0.2) is 37.7 Å². The second-order valence-electron chi connectivity index (χ2n) is 3.92. The third-order valence-electron chi connectivity index (χ3n) is 2.24. The van der Waals surface area contributed by atoms with Crippen molar-refractivity contribution in [2.75, 3.05) is 23.5 Å². The third-order valence-corrected chi connectivity index (χ3v) is 4.43. The molecule has 100 valence electrons. The Morgan fingerprint density at radius 2 is 1.83 bits per heavy atom. The molecule has 0 radical (unpaired) electrons. The van der Waals surface area contributed by atoms with Gasteiger partial charge in [-0.15, -0.1) is 0 Å². The largest absolute Gasteiger partial charge is 0.294 e. The maximum atomic E-state index is 12.6. The summed E-state index contributed by atoms with van der Waals surface area (Å²) < 4.78 is 34.4. The first-order valence-corrected chi connectivity index (χ1v) is 8.64. The van der Waals surface area contributed by atoms with Crippen LogP contribution in [0.25, 0.3) is 0 Å². The SMILES string of the molecule is CS(=O)(=O)CCSCCC(=O)c1ccc(F)cc1. The number of hydrogen-bond donors (Lipinski definition) is 0. The van der Waals surface area contributed by atoms with E-state index in [1.54, 1.807) is 0 Å². The summed E-state index contributed by atoms with van der Waals surface area (Å²) in [7, 11) is -2.93. The number of benzene rings is 1. The van der Waals surface area contributed by atoms with E-state index < -0.39 is 9.84 Å². The van der Waals surface area contributed by atoms with Crippen LogP contribution in [-0.2, 0) is 9.84 Å². The second kappa shape index (κ2) is 6.89. The number of rotatable bonds is 7. The van der Waals surface area contributed by atoms with Crippen molar-refractivity contribution in [2.24, 2.45) is 0 Å². The van der Waals surface area contributed by atoms with Crippen LogP contribution in [0.15, 0.2) is 24.3 Å². The average Bonchev–Trinajstić information content (AvgIpc) is 2.27. The molecule has 0 saturated heterocycles. The maximum Gasteiger partial charge on any atom is 0.163 e. The smallest absolute Gasteiger partial charge is 0.163 e. The van der Waals surface area contributed by atoms with Gasteiger partial charge in [0.2, 0.25) is 0 Å². The first kappa shape index (κ1) is 15.2. The zero-order valence-corrected chi connectivity index (χ0v) is 11.7. The average molecular weight is 290 g/mol. The van der Waals surface area contributed by atoms with E-state index in [1.165, 1.54) is 42.3 Å². The van der Waals surface area contributed by atoms with Crippen LogP contribution in [0, 0.1) is 5.82 Å². The van der Waals surface area contributed by atoms with Gasteiger partial charge in [-0.25, -0.2) is 12.8 Å². The molecule has 1 aromatic rings. The van der Waals surface area contributed by atoms with Crippen molar-refractivity contribution in [3.63, 3.8) is 0 Å². The molecule has 0 aromatic heterocycles. The number of thioether (sulfide) groups is 1. The molecule has 1 aromatic carbocycles. The molecule has 0 N–H and O–H groups in total. The predicted octanol–water partition coefficient (Wildman–Crippen LogP) is 2.18. The predicted molar refractivity (Wildman–Crippen MR) is 72.4 cm³/mol. The Morgan fingerprint density at radius 1 is 1.22 bits per heavy atom. The minimum absolute atomic E-state index is 0.0538. The summed E-state index contributed by atoms with van der Waals surface area (Å²) in [6.07, 6.45) is 1.53. The lowest BCUT2D eigenvalue weighted by molar-refractivity contribution is 0.0989. The van der Waals surface area contributed by atoms with E-state index in [-0.39, 0.29) is 17.4 Å². The van der Waals surface area contributed by atoms with Crippen LogP contribution in [0.5, 0.6) is 0 Å². The molecule has 0 spiro atoms. The quantitative estimate of drug-likeness (QED) is 0.570. The molecular formula is C12H15FO3S2. The van der Waals surface area contributed by atoms with E-state index in [1.807, 2.05) is 0 Å². The van der Waals surface area contributed by atoms with Crippen molar-refractivity contribution in [1.82, 2.24) is 0 Å². The summed E-state index contributed by atoms with van der Waals surface area (Å²) in [5, 5.41) is 0. The Morgan fingerprint density at radius 3 is 2.39 bits per heavy atom. The first-order chi connectivity index (χ1) is 8.38. The van der Waals surface area contributed by atoms with Gasteiger partial charge in [0.05, 0.1) is 5.75 Å². The van der Waals surface area contributed by atoms with Gasteiger partial charge < -0.3 is 0 Å². The Kier molecular flexibility index (Phi) is 5.81. The van der Waals surface area contributed by atoms with Gasteiger partial charge in [0, 0.05) is 29.7 Å². The number of carbonyl (C=O) groups excluding carboxylic acids is 1. The monoisotopic (exact) mass is 290 g/mol.